The Bertz CT molecular complexity index is 564. The zero-order valence-corrected chi connectivity index (χ0v) is 15.1. The van der Waals surface area contributed by atoms with Crippen LogP contribution in [0, 0.1) is 5.82 Å². The first-order chi connectivity index (χ1) is 11.6. The Morgan fingerprint density at radius 3 is 2.60 bits per heavy atom. The number of aliphatic hydroxyl groups is 1. The van der Waals surface area contributed by atoms with E-state index in [1.807, 2.05) is 12.1 Å². The van der Waals surface area contributed by atoms with Gasteiger partial charge in [0, 0.05) is 18.5 Å². The Hall–Kier alpha value is -1.37. The summed E-state index contributed by atoms with van der Waals surface area (Å²) in [6.45, 7) is 1.83. The second kappa shape index (κ2) is 8.83. The van der Waals surface area contributed by atoms with E-state index in [1.165, 1.54) is 12.1 Å². The molecule has 4 N–H and O–H groups in total. The number of urea groups is 1. The number of nitrogens with one attached hydrogen (secondary N) is 3. The molecule has 1 aliphatic carbocycles. The smallest absolute Gasteiger partial charge is 0.315 e. The number of amides is 2. The van der Waals surface area contributed by atoms with E-state index < -0.39 is 6.10 Å². The lowest BCUT2D eigenvalue weighted by Crippen LogP contribution is -2.55. The first-order valence-corrected chi connectivity index (χ1v) is 8.78. The van der Waals surface area contributed by atoms with Crippen molar-refractivity contribution in [2.45, 2.75) is 49.7 Å². The van der Waals surface area contributed by atoms with Gasteiger partial charge in [-0.3, -0.25) is 0 Å². The summed E-state index contributed by atoms with van der Waals surface area (Å²) in [7, 11) is 0. The number of carbonyl (C=O) groups excluding carboxylic acids is 1. The number of hydrogen-bond donors (Lipinski definition) is 4. The van der Waals surface area contributed by atoms with E-state index in [9.17, 15) is 14.3 Å². The zero-order valence-electron chi connectivity index (χ0n) is 14.3. The third-order valence-corrected chi connectivity index (χ3v) is 5.37. The van der Waals surface area contributed by atoms with Crippen LogP contribution in [0.3, 0.4) is 0 Å². The molecule has 0 bridgehead atoms. The molecule has 1 heterocycles. The second-order valence-corrected chi connectivity index (χ2v) is 6.99. The minimum atomic E-state index is -0.554. The molecule has 2 atom stereocenters. The van der Waals surface area contributed by atoms with Crippen LogP contribution in [0.15, 0.2) is 24.3 Å². The third kappa shape index (κ3) is 4.84. The van der Waals surface area contributed by atoms with Crippen molar-refractivity contribution in [2.24, 2.45) is 0 Å². The average Bonchev–Trinajstić information content (AvgIpc) is 3.06. The number of piperidine rings is 1. The predicted molar refractivity (Wildman–Crippen MR) is 97.6 cm³/mol. The maximum Gasteiger partial charge on any atom is 0.315 e. The van der Waals surface area contributed by atoms with E-state index in [1.54, 1.807) is 0 Å². The molecule has 140 valence electrons. The summed E-state index contributed by atoms with van der Waals surface area (Å²) in [5, 5.41) is 18.8. The van der Waals surface area contributed by atoms with Crippen LogP contribution in [0.2, 0.25) is 0 Å². The van der Waals surface area contributed by atoms with Gasteiger partial charge in [-0.2, -0.15) is 0 Å². The van der Waals surface area contributed by atoms with Gasteiger partial charge in [0.15, 0.2) is 0 Å². The van der Waals surface area contributed by atoms with Crippen molar-refractivity contribution in [3.8, 4) is 0 Å². The largest absolute Gasteiger partial charge is 0.390 e. The van der Waals surface area contributed by atoms with Gasteiger partial charge < -0.3 is 21.1 Å². The summed E-state index contributed by atoms with van der Waals surface area (Å²) >= 11 is 0. The van der Waals surface area contributed by atoms with Crippen molar-refractivity contribution in [1.82, 2.24) is 16.0 Å². The highest BCUT2D eigenvalue weighted by Crippen LogP contribution is 2.40. The summed E-state index contributed by atoms with van der Waals surface area (Å²) in [6.07, 6.45) is 4.39. The normalized spacial score (nSPS) is 25.0. The number of β-amino-alcohol motifs (C(OH)–C–C–N with tert-alkyl or cyclic N) is 1. The lowest BCUT2D eigenvalue weighted by molar-refractivity contribution is 0.105. The van der Waals surface area contributed by atoms with Gasteiger partial charge in [0.1, 0.15) is 5.82 Å². The maximum absolute atomic E-state index is 13.2. The van der Waals surface area contributed by atoms with Crippen molar-refractivity contribution in [2.75, 3.05) is 19.6 Å². The first-order valence-electron chi connectivity index (χ1n) is 8.78. The van der Waals surface area contributed by atoms with E-state index in [2.05, 4.69) is 16.0 Å². The number of hydrogen-bond acceptors (Lipinski definition) is 3. The Labute approximate surface area is 154 Å². The predicted octanol–water partition coefficient (Wildman–Crippen LogP) is 2.08. The van der Waals surface area contributed by atoms with Gasteiger partial charge >= 0.3 is 6.03 Å². The molecule has 0 aromatic heterocycles. The molecule has 0 radical (unpaired) electrons. The number of halogens is 2. The molecule has 1 saturated carbocycles. The van der Waals surface area contributed by atoms with Gasteiger partial charge in [0.05, 0.1) is 12.1 Å². The standard InChI is InChI=1S/C18H26FN3O2.ClH/c19-14-5-3-13(4-6-14)18(8-1-2-9-18)12-21-17(24)22-15-7-10-20-11-16(15)23;/h3-6,15-16,20,23H,1-2,7-12H2,(H2,21,22,24);1H/t15-,16-;/m1./s1. The fraction of sp³-hybridized carbons (Fsp3) is 0.611. The van der Waals surface area contributed by atoms with E-state index in [0.717, 1.165) is 44.2 Å². The molecule has 3 rings (SSSR count). The fourth-order valence-electron chi connectivity index (χ4n) is 3.90. The van der Waals surface area contributed by atoms with Crippen molar-refractivity contribution >= 4 is 18.4 Å². The van der Waals surface area contributed by atoms with Gasteiger partial charge in [0.2, 0.25) is 0 Å². The second-order valence-electron chi connectivity index (χ2n) is 6.99. The molecule has 0 spiro atoms. The van der Waals surface area contributed by atoms with E-state index in [4.69, 9.17) is 0 Å². The summed E-state index contributed by atoms with van der Waals surface area (Å²) in [5.74, 6) is -0.238. The molecular weight excluding hydrogens is 345 g/mol. The minimum Gasteiger partial charge on any atom is -0.390 e. The Kier molecular flexibility index (Phi) is 7.04. The highest BCUT2D eigenvalue weighted by molar-refractivity contribution is 5.85. The first kappa shape index (κ1) is 19.9. The number of aliphatic hydroxyl groups excluding tert-OH is 1. The molecule has 2 fully saturated rings. The van der Waals surface area contributed by atoms with Crippen molar-refractivity contribution in [3.63, 3.8) is 0 Å². The van der Waals surface area contributed by atoms with Gasteiger partial charge in [-0.1, -0.05) is 25.0 Å². The number of carbonyl (C=O) groups is 1. The molecule has 25 heavy (non-hydrogen) atoms. The number of rotatable bonds is 4. The monoisotopic (exact) mass is 371 g/mol. The molecule has 5 nitrogen and oxygen atoms in total. The van der Waals surface area contributed by atoms with Gasteiger partial charge in [0.25, 0.3) is 0 Å². The molecule has 2 amide bonds. The fourth-order valence-corrected chi connectivity index (χ4v) is 3.90. The quantitative estimate of drug-likeness (QED) is 0.654. The Morgan fingerprint density at radius 1 is 1.28 bits per heavy atom. The van der Waals surface area contributed by atoms with Crippen LogP contribution in [-0.4, -0.2) is 42.9 Å². The van der Waals surface area contributed by atoms with E-state index in [-0.39, 0.29) is 35.7 Å². The molecule has 0 unspecified atom stereocenters. The number of benzene rings is 1. The minimum absolute atomic E-state index is 0. The lowest BCUT2D eigenvalue weighted by atomic mass is 9.79. The maximum atomic E-state index is 13.2. The van der Waals surface area contributed by atoms with Gasteiger partial charge in [-0.15, -0.1) is 12.4 Å². The van der Waals surface area contributed by atoms with E-state index >= 15 is 0 Å². The highest BCUT2D eigenvalue weighted by Gasteiger charge is 2.36. The molecular formula is C18H27ClFN3O2. The lowest BCUT2D eigenvalue weighted by Gasteiger charge is -2.32. The molecule has 1 aromatic carbocycles. The summed E-state index contributed by atoms with van der Waals surface area (Å²) < 4.78 is 13.2. The van der Waals surface area contributed by atoms with Crippen LogP contribution in [0.4, 0.5) is 9.18 Å². The van der Waals surface area contributed by atoms with Gasteiger partial charge in [-0.05, 0) is 43.5 Å². The van der Waals surface area contributed by atoms with Crippen molar-refractivity contribution < 1.29 is 14.3 Å². The van der Waals surface area contributed by atoms with Crippen molar-refractivity contribution in [1.29, 1.82) is 0 Å². The molecule has 2 aliphatic rings. The molecule has 1 aliphatic heterocycles. The van der Waals surface area contributed by atoms with Crippen LogP contribution in [0.5, 0.6) is 0 Å². The average molecular weight is 372 g/mol. The Morgan fingerprint density at radius 2 is 1.96 bits per heavy atom. The third-order valence-electron chi connectivity index (χ3n) is 5.37. The van der Waals surface area contributed by atoms with Crippen LogP contribution in [0.1, 0.15) is 37.7 Å². The van der Waals surface area contributed by atoms with Crippen LogP contribution < -0.4 is 16.0 Å². The van der Waals surface area contributed by atoms with Gasteiger partial charge in [-0.25, -0.2) is 9.18 Å². The van der Waals surface area contributed by atoms with Crippen LogP contribution >= 0.6 is 12.4 Å². The summed E-state index contributed by atoms with van der Waals surface area (Å²) in [5.41, 5.74) is 0.973. The topological polar surface area (TPSA) is 73.4 Å². The summed E-state index contributed by atoms with van der Waals surface area (Å²) in [6, 6.07) is 6.18. The summed E-state index contributed by atoms with van der Waals surface area (Å²) in [4.78, 5) is 12.2. The zero-order chi connectivity index (χ0) is 17.0. The highest BCUT2D eigenvalue weighted by atomic mass is 35.5. The van der Waals surface area contributed by atoms with Crippen LogP contribution in [0.25, 0.3) is 0 Å². The van der Waals surface area contributed by atoms with Crippen molar-refractivity contribution in [3.05, 3.63) is 35.6 Å². The molecule has 7 heteroatoms. The van der Waals surface area contributed by atoms with Crippen LogP contribution in [-0.2, 0) is 5.41 Å². The van der Waals surface area contributed by atoms with E-state index in [0.29, 0.717) is 13.1 Å². The SMILES string of the molecule is Cl.O=C(NCC1(c2ccc(F)cc2)CCCC1)N[C@@H]1CCNC[C@H]1O. The Balaban J connectivity index is 0.00000225. The molecule has 1 saturated heterocycles. The molecule has 1 aromatic rings.